The van der Waals surface area contributed by atoms with E-state index in [1.54, 1.807) is 0 Å². The topological polar surface area (TPSA) is 41.6 Å². The van der Waals surface area contributed by atoms with E-state index in [1.807, 2.05) is 6.92 Å². The first-order valence-corrected chi connectivity index (χ1v) is 6.95. The monoisotopic (exact) mass is 256 g/mol. The van der Waals surface area contributed by atoms with Crippen LogP contribution in [0.3, 0.4) is 0 Å². The summed E-state index contributed by atoms with van der Waals surface area (Å²) in [6.45, 7) is 6.74. The minimum Gasteiger partial charge on any atom is -0.468 e. The van der Waals surface area contributed by atoms with Crippen molar-refractivity contribution in [2.75, 3.05) is 20.7 Å². The SMILES string of the molecule is COC(=O)C(C)(CN(C)C1CCCC1)NC(C)C. The third-order valence-electron chi connectivity index (χ3n) is 3.76. The second kappa shape index (κ2) is 6.53. The minimum absolute atomic E-state index is 0.180. The number of ether oxygens (including phenoxy) is 1. The largest absolute Gasteiger partial charge is 0.468 e. The van der Waals surface area contributed by atoms with Gasteiger partial charge in [0.15, 0.2) is 0 Å². The molecule has 0 bridgehead atoms. The molecule has 4 heteroatoms. The van der Waals surface area contributed by atoms with Crippen molar-refractivity contribution in [2.45, 2.75) is 64.1 Å². The van der Waals surface area contributed by atoms with Crippen LogP contribution in [0, 0.1) is 0 Å². The molecule has 0 aromatic carbocycles. The summed E-state index contributed by atoms with van der Waals surface area (Å²) in [5.74, 6) is -0.180. The first-order chi connectivity index (χ1) is 8.39. The molecule has 0 radical (unpaired) electrons. The highest BCUT2D eigenvalue weighted by Gasteiger charge is 2.37. The summed E-state index contributed by atoms with van der Waals surface area (Å²) in [5.41, 5.74) is -0.625. The third kappa shape index (κ3) is 3.95. The molecule has 1 fully saturated rings. The average Bonchev–Trinajstić information content (AvgIpc) is 2.79. The Morgan fingerprint density at radius 2 is 2.00 bits per heavy atom. The molecule has 106 valence electrons. The smallest absolute Gasteiger partial charge is 0.327 e. The summed E-state index contributed by atoms with van der Waals surface area (Å²) >= 11 is 0. The van der Waals surface area contributed by atoms with E-state index in [2.05, 4.69) is 31.1 Å². The summed E-state index contributed by atoms with van der Waals surface area (Å²) in [4.78, 5) is 14.3. The number of carbonyl (C=O) groups excluding carboxylic acids is 1. The number of hydrogen-bond acceptors (Lipinski definition) is 4. The fraction of sp³-hybridized carbons (Fsp3) is 0.929. The number of methoxy groups -OCH3 is 1. The normalized spacial score (nSPS) is 20.4. The van der Waals surface area contributed by atoms with Crippen molar-refractivity contribution in [1.29, 1.82) is 0 Å². The molecule has 0 heterocycles. The average molecular weight is 256 g/mol. The molecule has 0 aromatic heterocycles. The maximum Gasteiger partial charge on any atom is 0.327 e. The molecule has 1 unspecified atom stereocenters. The summed E-state index contributed by atoms with van der Waals surface area (Å²) in [6.07, 6.45) is 5.11. The molecule has 1 aliphatic rings. The quantitative estimate of drug-likeness (QED) is 0.736. The van der Waals surface area contributed by atoms with Gasteiger partial charge >= 0.3 is 5.97 Å². The van der Waals surface area contributed by atoms with Gasteiger partial charge in [0, 0.05) is 18.6 Å². The van der Waals surface area contributed by atoms with Gasteiger partial charge in [-0.3, -0.25) is 10.1 Å². The van der Waals surface area contributed by atoms with Crippen LogP contribution in [0.25, 0.3) is 0 Å². The molecule has 1 N–H and O–H groups in total. The molecule has 0 aromatic rings. The Labute approximate surface area is 111 Å². The molecule has 1 atom stereocenters. The van der Waals surface area contributed by atoms with Gasteiger partial charge in [-0.15, -0.1) is 0 Å². The zero-order chi connectivity index (χ0) is 13.8. The van der Waals surface area contributed by atoms with Gasteiger partial charge in [-0.1, -0.05) is 12.8 Å². The van der Waals surface area contributed by atoms with Gasteiger partial charge in [0.25, 0.3) is 0 Å². The van der Waals surface area contributed by atoms with E-state index < -0.39 is 5.54 Å². The molecule has 1 rings (SSSR count). The third-order valence-corrected chi connectivity index (χ3v) is 3.76. The van der Waals surface area contributed by atoms with E-state index in [0.29, 0.717) is 12.6 Å². The van der Waals surface area contributed by atoms with E-state index in [0.717, 1.165) is 0 Å². The number of nitrogens with one attached hydrogen (secondary N) is 1. The Bertz CT molecular complexity index is 275. The lowest BCUT2D eigenvalue weighted by molar-refractivity contribution is -0.149. The Morgan fingerprint density at radius 3 is 2.44 bits per heavy atom. The highest BCUT2D eigenvalue weighted by atomic mass is 16.5. The van der Waals surface area contributed by atoms with Crippen molar-refractivity contribution >= 4 is 5.97 Å². The van der Waals surface area contributed by atoms with Crippen molar-refractivity contribution in [1.82, 2.24) is 10.2 Å². The Morgan fingerprint density at radius 1 is 1.44 bits per heavy atom. The van der Waals surface area contributed by atoms with Gasteiger partial charge in [-0.2, -0.15) is 0 Å². The number of hydrogen-bond donors (Lipinski definition) is 1. The molecule has 0 spiro atoms. The van der Waals surface area contributed by atoms with Gasteiger partial charge < -0.3 is 9.64 Å². The zero-order valence-electron chi connectivity index (χ0n) is 12.5. The van der Waals surface area contributed by atoms with Crippen molar-refractivity contribution in [3.05, 3.63) is 0 Å². The van der Waals surface area contributed by atoms with E-state index >= 15 is 0 Å². The Balaban J connectivity index is 2.67. The van der Waals surface area contributed by atoms with Crippen LogP contribution in [0.5, 0.6) is 0 Å². The molecule has 1 aliphatic carbocycles. The standard InChI is InChI=1S/C14H28N2O2/c1-11(2)15-14(3,13(17)18-5)10-16(4)12-8-6-7-9-12/h11-12,15H,6-10H2,1-5H3. The number of nitrogens with zero attached hydrogens (tertiary/aromatic N) is 1. The summed E-state index contributed by atoms with van der Waals surface area (Å²) in [5, 5.41) is 3.35. The molecule has 0 aliphatic heterocycles. The fourth-order valence-electron chi connectivity index (χ4n) is 3.00. The predicted octanol–water partition coefficient (Wildman–Crippen LogP) is 1.79. The number of likely N-dealkylation sites (N-methyl/N-ethyl adjacent to an activating group) is 1. The van der Waals surface area contributed by atoms with Crippen LogP contribution >= 0.6 is 0 Å². The van der Waals surface area contributed by atoms with Crippen molar-refractivity contribution in [2.24, 2.45) is 0 Å². The fourth-order valence-corrected chi connectivity index (χ4v) is 3.00. The van der Waals surface area contributed by atoms with Crippen LogP contribution < -0.4 is 5.32 Å². The van der Waals surface area contributed by atoms with Crippen LogP contribution in [0.2, 0.25) is 0 Å². The van der Waals surface area contributed by atoms with Crippen molar-refractivity contribution in [3.63, 3.8) is 0 Å². The second-order valence-electron chi connectivity index (χ2n) is 5.98. The molecule has 4 nitrogen and oxygen atoms in total. The van der Waals surface area contributed by atoms with E-state index in [4.69, 9.17) is 4.74 Å². The molecule has 18 heavy (non-hydrogen) atoms. The maximum atomic E-state index is 12.0. The molecule has 0 amide bonds. The minimum atomic E-state index is -0.625. The molecule has 0 saturated heterocycles. The maximum absolute atomic E-state index is 12.0. The van der Waals surface area contributed by atoms with Crippen LogP contribution in [-0.4, -0.2) is 49.2 Å². The predicted molar refractivity (Wildman–Crippen MR) is 73.6 cm³/mol. The number of carbonyl (C=O) groups is 1. The van der Waals surface area contributed by atoms with Gasteiger partial charge in [0.1, 0.15) is 5.54 Å². The number of rotatable bonds is 6. The highest BCUT2D eigenvalue weighted by molar-refractivity contribution is 5.80. The van der Waals surface area contributed by atoms with Gasteiger partial charge in [0.05, 0.1) is 7.11 Å². The highest BCUT2D eigenvalue weighted by Crippen LogP contribution is 2.24. The lowest BCUT2D eigenvalue weighted by Crippen LogP contribution is -2.59. The second-order valence-corrected chi connectivity index (χ2v) is 5.98. The summed E-state index contributed by atoms with van der Waals surface area (Å²) in [7, 11) is 3.57. The van der Waals surface area contributed by atoms with Crippen LogP contribution in [0.15, 0.2) is 0 Å². The van der Waals surface area contributed by atoms with Gasteiger partial charge in [0.2, 0.25) is 0 Å². The van der Waals surface area contributed by atoms with Crippen molar-refractivity contribution in [3.8, 4) is 0 Å². The Hall–Kier alpha value is -0.610. The molecular formula is C14H28N2O2. The van der Waals surface area contributed by atoms with Crippen LogP contribution in [0.1, 0.15) is 46.5 Å². The van der Waals surface area contributed by atoms with E-state index in [-0.39, 0.29) is 12.0 Å². The van der Waals surface area contributed by atoms with Crippen LogP contribution in [0.4, 0.5) is 0 Å². The van der Waals surface area contributed by atoms with E-state index in [9.17, 15) is 4.79 Å². The molecular weight excluding hydrogens is 228 g/mol. The lowest BCUT2D eigenvalue weighted by Gasteiger charge is -2.36. The first-order valence-electron chi connectivity index (χ1n) is 6.95. The zero-order valence-corrected chi connectivity index (χ0v) is 12.5. The molecule has 1 saturated carbocycles. The summed E-state index contributed by atoms with van der Waals surface area (Å²) < 4.78 is 4.95. The van der Waals surface area contributed by atoms with Crippen molar-refractivity contribution < 1.29 is 9.53 Å². The summed E-state index contributed by atoms with van der Waals surface area (Å²) in [6, 6.07) is 0.869. The van der Waals surface area contributed by atoms with Gasteiger partial charge in [-0.05, 0) is 40.7 Å². The van der Waals surface area contributed by atoms with Crippen LogP contribution in [-0.2, 0) is 9.53 Å². The Kier molecular flexibility index (Phi) is 5.60. The number of esters is 1. The lowest BCUT2D eigenvalue weighted by atomic mass is 9.99. The van der Waals surface area contributed by atoms with Gasteiger partial charge in [-0.25, -0.2) is 0 Å². The first kappa shape index (κ1) is 15.4. The van der Waals surface area contributed by atoms with E-state index in [1.165, 1.54) is 32.8 Å².